The molecular formula is C20H31N5O3. The van der Waals surface area contributed by atoms with Crippen molar-refractivity contribution in [2.24, 2.45) is 0 Å². The number of rotatable bonds is 6. The summed E-state index contributed by atoms with van der Waals surface area (Å²) in [5, 5.41) is 7.03. The molecule has 4 aliphatic rings. The zero-order valence-electron chi connectivity index (χ0n) is 16.7. The first-order valence-electron chi connectivity index (χ1n) is 11.0. The summed E-state index contributed by atoms with van der Waals surface area (Å²) in [7, 11) is 0. The summed E-state index contributed by atoms with van der Waals surface area (Å²) in [4.78, 5) is 21.1. The first kappa shape index (κ1) is 18.2. The predicted molar refractivity (Wildman–Crippen MR) is 103 cm³/mol. The van der Waals surface area contributed by atoms with Crippen LogP contribution in [0.15, 0.2) is 4.52 Å². The molecule has 3 saturated heterocycles. The van der Waals surface area contributed by atoms with E-state index < -0.39 is 0 Å². The van der Waals surface area contributed by atoms with Gasteiger partial charge in [0.05, 0.1) is 6.54 Å². The Morgan fingerprint density at radius 3 is 2.75 bits per heavy atom. The zero-order chi connectivity index (χ0) is 19.1. The predicted octanol–water partition coefficient (Wildman–Crippen LogP) is 2.66. The molecule has 8 nitrogen and oxygen atoms in total. The molecule has 5 rings (SSSR count). The highest BCUT2D eigenvalue weighted by atomic mass is 16.6. The van der Waals surface area contributed by atoms with Crippen molar-refractivity contribution in [1.82, 2.24) is 20.4 Å². The van der Waals surface area contributed by atoms with Crippen LogP contribution in [0.25, 0.3) is 0 Å². The highest BCUT2D eigenvalue weighted by Gasteiger charge is 2.44. The van der Waals surface area contributed by atoms with Crippen molar-refractivity contribution in [2.45, 2.75) is 81.9 Å². The fraction of sp³-hybridized carbons (Fsp3) is 0.850. The van der Waals surface area contributed by atoms with Gasteiger partial charge in [0.15, 0.2) is 5.82 Å². The van der Waals surface area contributed by atoms with E-state index in [-0.39, 0.29) is 11.7 Å². The topological polar surface area (TPSA) is 83.7 Å². The Hall–Kier alpha value is -1.83. The first-order chi connectivity index (χ1) is 13.7. The van der Waals surface area contributed by atoms with E-state index in [1.165, 1.54) is 25.7 Å². The van der Waals surface area contributed by atoms with Crippen LogP contribution in [0.3, 0.4) is 0 Å². The molecule has 2 atom stereocenters. The van der Waals surface area contributed by atoms with E-state index in [0.717, 1.165) is 57.2 Å². The second kappa shape index (κ2) is 7.21. The number of nitrogens with zero attached hydrogens (tertiary/aromatic N) is 4. The summed E-state index contributed by atoms with van der Waals surface area (Å²) in [6.07, 6.45) is 8.62. The second-order valence-corrected chi connectivity index (χ2v) is 8.96. The Bertz CT molecular complexity index is 710. The minimum atomic E-state index is -0.270. The number of aromatic nitrogens is 2. The maximum absolute atomic E-state index is 11.5. The molecule has 1 aliphatic carbocycles. The van der Waals surface area contributed by atoms with Crippen LogP contribution in [-0.2, 0) is 4.74 Å². The van der Waals surface area contributed by atoms with Gasteiger partial charge in [-0.25, -0.2) is 4.79 Å². The van der Waals surface area contributed by atoms with E-state index >= 15 is 0 Å². The Kier molecular flexibility index (Phi) is 4.69. The molecular weight excluding hydrogens is 358 g/mol. The van der Waals surface area contributed by atoms with Gasteiger partial charge in [0.25, 0.3) is 0 Å². The second-order valence-electron chi connectivity index (χ2n) is 8.96. The highest BCUT2D eigenvalue weighted by Crippen LogP contribution is 2.39. The largest absolute Gasteiger partial charge is 0.441 e. The van der Waals surface area contributed by atoms with Crippen LogP contribution in [0.2, 0.25) is 0 Å². The van der Waals surface area contributed by atoms with Gasteiger partial charge >= 0.3 is 12.1 Å². The normalized spacial score (nSPS) is 28.5. The molecule has 1 spiro atoms. The number of likely N-dealkylation sites (tertiary alicyclic amines) is 1. The Labute approximate surface area is 166 Å². The number of carbonyl (C=O) groups excluding carboxylic acids is 1. The summed E-state index contributed by atoms with van der Waals surface area (Å²) >= 11 is 0. The standard InChI is InChI=1S/C20H31N5O3/c1-2-15(24-10-7-20(8-11-24)13-21-19(26)27-20)12-16-4-3-9-25(16)18-22-17(23-28-18)14-5-6-14/h14-16H,2-13H2,1H3,(H,21,26). The molecule has 4 fully saturated rings. The van der Waals surface area contributed by atoms with Gasteiger partial charge in [-0.3, -0.25) is 0 Å². The number of piperidine rings is 1. The van der Waals surface area contributed by atoms with E-state index in [4.69, 9.17) is 9.26 Å². The molecule has 0 bridgehead atoms. The van der Waals surface area contributed by atoms with Crippen molar-refractivity contribution in [3.63, 3.8) is 0 Å². The van der Waals surface area contributed by atoms with Gasteiger partial charge in [0.1, 0.15) is 5.60 Å². The summed E-state index contributed by atoms with van der Waals surface area (Å²) in [6.45, 7) is 5.94. The van der Waals surface area contributed by atoms with Crippen molar-refractivity contribution < 1.29 is 14.1 Å². The molecule has 1 N–H and O–H groups in total. The van der Waals surface area contributed by atoms with E-state index in [1.54, 1.807) is 0 Å². The lowest BCUT2D eigenvalue weighted by Gasteiger charge is -2.42. The van der Waals surface area contributed by atoms with Gasteiger partial charge in [-0.05, 0) is 38.5 Å². The van der Waals surface area contributed by atoms with Crippen molar-refractivity contribution >= 4 is 12.1 Å². The molecule has 3 aliphatic heterocycles. The smallest absolute Gasteiger partial charge is 0.407 e. The Morgan fingerprint density at radius 2 is 2.07 bits per heavy atom. The molecule has 1 amide bonds. The SMILES string of the molecule is CCC(CC1CCCN1c1nc(C2CC2)no1)N1CCC2(CC1)CNC(=O)O2. The third-order valence-electron chi connectivity index (χ3n) is 7.10. The third-order valence-corrected chi connectivity index (χ3v) is 7.10. The zero-order valence-corrected chi connectivity index (χ0v) is 16.7. The van der Waals surface area contributed by atoms with Crippen LogP contribution in [-0.4, -0.2) is 65.0 Å². The number of ether oxygens (including phenoxy) is 1. The van der Waals surface area contributed by atoms with Gasteiger partial charge < -0.3 is 24.4 Å². The molecule has 1 aromatic rings. The Morgan fingerprint density at radius 1 is 1.25 bits per heavy atom. The van der Waals surface area contributed by atoms with Gasteiger partial charge in [-0.15, -0.1) is 0 Å². The molecule has 1 aromatic heterocycles. The van der Waals surface area contributed by atoms with E-state index in [0.29, 0.717) is 24.5 Å². The van der Waals surface area contributed by atoms with Crippen molar-refractivity contribution in [2.75, 3.05) is 31.1 Å². The van der Waals surface area contributed by atoms with Crippen LogP contribution in [0.5, 0.6) is 0 Å². The highest BCUT2D eigenvalue weighted by molar-refractivity contribution is 5.70. The van der Waals surface area contributed by atoms with Crippen molar-refractivity contribution in [3.8, 4) is 0 Å². The molecule has 8 heteroatoms. The van der Waals surface area contributed by atoms with Crippen LogP contribution in [0.1, 0.15) is 70.0 Å². The number of nitrogens with one attached hydrogen (secondary N) is 1. The van der Waals surface area contributed by atoms with Crippen molar-refractivity contribution in [3.05, 3.63) is 5.82 Å². The van der Waals surface area contributed by atoms with Gasteiger partial charge in [-0.2, -0.15) is 4.98 Å². The van der Waals surface area contributed by atoms with E-state index in [2.05, 4.69) is 32.2 Å². The maximum atomic E-state index is 11.5. The van der Waals surface area contributed by atoms with E-state index in [1.807, 2.05) is 0 Å². The summed E-state index contributed by atoms with van der Waals surface area (Å²) in [5.74, 6) is 1.43. The number of amides is 1. The molecule has 0 radical (unpaired) electrons. The minimum absolute atomic E-state index is 0.257. The van der Waals surface area contributed by atoms with Crippen LogP contribution >= 0.6 is 0 Å². The number of alkyl carbamates (subject to hydrolysis) is 1. The quantitative estimate of drug-likeness (QED) is 0.801. The minimum Gasteiger partial charge on any atom is -0.441 e. The third kappa shape index (κ3) is 3.47. The monoisotopic (exact) mass is 389 g/mol. The van der Waals surface area contributed by atoms with Crippen LogP contribution in [0.4, 0.5) is 10.8 Å². The first-order valence-corrected chi connectivity index (χ1v) is 11.0. The van der Waals surface area contributed by atoms with Gasteiger partial charge in [0.2, 0.25) is 0 Å². The Balaban J connectivity index is 1.20. The molecule has 154 valence electrons. The van der Waals surface area contributed by atoms with Crippen LogP contribution < -0.4 is 10.2 Å². The summed E-state index contributed by atoms with van der Waals surface area (Å²) in [6, 6.07) is 1.74. The average molecular weight is 390 g/mol. The lowest BCUT2D eigenvalue weighted by molar-refractivity contribution is -0.0120. The van der Waals surface area contributed by atoms with Gasteiger partial charge in [0, 0.05) is 50.5 Å². The number of carbonyl (C=O) groups is 1. The fourth-order valence-corrected chi connectivity index (χ4v) is 5.15. The summed E-state index contributed by atoms with van der Waals surface area (Å²) in [5.41, 5.74) is -0.270. The molecule has 2 unspecified atom stereocenters. The van der Waals surface area contributed by atoms with Crippen molar-refractivity contribution in [1.29, 1.82) is 0 Å². The number of anilines is 1. The lowest BCUT2D eigenvalue weighted by Crippen LogP contribution is -2.51. The van der Waals surface area contributed by atoms with Crippen LogP contribution in [0, 0.1) is 0 Å². The molecule has 28 heavy (non-hydrogen) atoms. The molecule has 0 aromatic carbocycles. The van der Waals surface area contributed by atoms with E-state index in [9.17, 15) is 4.79 Å². The molecule has 1 saturated carbocycles. The average Bonchev–Trinajstić information content (AvgIpc) is 3.10. The van der Waals surface area contributed by atoms with Gasteiger partial charge in [-0.1, -0.05) is 12.1 Å². The number of hydrogen-bond acceptors (Lipinski definition) is 7. The summed E-state index contributed by atoms with van der Waals surface area (Å²) < 4.78 is 11.2. The lowest BCUT2D eigenvalue weighted by atomic mass is 9.89. The molecule has 4 heterocycles. The maximum Gasteiger partial charge on any atom is 0.407 e. The fourth-order valence-electron chi connectivity index (χ4n) is 5.15. The number of hydrogen-bond donors (Lipinski definition) is 1.